The van der Waals surface area contributed by atoms with Gasteiger partial charge in [0.25, 0.3) is 0 Å². The lowest BCUT2D eigenvalue weighted by Crippen LogP contribution is -2.04. The quantitative estimate of drug-likeness (QED) is 0.302. The number of ether oxygens (including phenoxy) is 3. The first-order valence-electron chi connectivity index (χ1n) is 6.12. The molecule has 0 atom stereocenters. The number of unbranched alkanes of at least 4 members (excludes halogenated alkanes) is 1. The normalized spacial score (nSPS) is 13.2. The fraction of sp³-hybridized carbons (Fsp3) is 0.500. The van der Waals surface area contributed by atoms with Gasteiger partial charge in [0.15, 0.2) is 11.5 Å². The zero-order valence-electron chi connectivity index (χ0n) is 11.9. The third kappa shape index (κ3) is 6.55. The molecule has 0 aliphatic rings. The number of carboxylic acids is 1. The average molecular weight is 270 g/mol. The van der Waals surface area contributed by atoms with Crippen LogP contribution in [-0.2, 0) is 19.0 Å². The van der Waals surface area contributed by atoms with E-state index in [9.17, 15) is 4.79 Å². The number of carboxylic acid groups (broad SMARTS) is 1. The molecular weight excluding hydrogens is 248 g/mol. The van der Waals surface area contributed by atoms with E-state index in [1.165, 1.54) is 32.6 Å². The van der Waals surface area contributed by atoms with Crippen molar-refractivity contribution < 1.29 is 24.1 Å². The van der Waals surface area contributed by atoms with Gasteiger partial charge in [-0.05, 0) is 19.4 Å². The number of carbonyl (C=O) groups is 1. The van der Waals surface area contributed by atoms with Gasteiger partial charge >= 0.3 is 5.97 Å². The molecule has 0 saturated carbocycles. The second-order valence-electron chi connectivity index (χ2n) is 3.68. The molecule has 5 nitrogen and oxygen atoms in total. The van der Waals surface area contributed by atoms with Crippen LogP contribution in [0.25, 0.3) is 0 Å². The fourth-order valence-corrected chi connectivity index (χ4v) is 1.24. The Hall–Kier alpha value is -1.91. The van der Waals surface area contributed by atoms with E-state index in [4.69, 9.17) is 19.3 Å². The van der Waals surface area contributed by atoms with Gasteiger partial charge in [-0.15, -0.1) is 0 Å². The molecule has 0 aromatic rings. The highest BCUT2D eigenvalue weighted by atomic mass is 16.5. The van der Waals surface area contributed by atoms with Crippen molar-refractivity contribution in [1.29, 1.82) is 0 Å². The molecule has 0 saturated heterocycles. The van der Waals surface area contributed by atoms with Crippen molar-refractivity contribution in [2.75, 3.05) is 20.8 Å². The third-order valence-electron chi connectivity index (χ3n) is 2.29. The summed E-state index contributed by atoms with van der Waals surface area (Å²) in [6.07, 6.45) is 6.17. The van der Waals surface area contributed by atoms with Gasteiger partial charge in [-0.2, -0.15) is 0 Å². The smallest absolute Gasteiger partial charge is 0.335 e. The zero-order valence-corrected chi connectivity index (χ0v) is 11.9. The minimum absolute atomic E-state index is 0.123. The lowest BCUT2D eigenvalue weighted by molar-refractivity contribution is -0.132. The van der Waals surface area contributed by atoms with Gasteiger partial charge in [-0.25, -0.2) is 4.79 Å². The van der Waals surface area contributed by atoms with Crippen LogP contribution in [0.15, 0.2) is 35.5 Å². The summed E-state index contributed by atoms with van der Waals surface area (Å²) in [6.45, 7) is 4.22. The molecule has 19 heavy (non-hydrogen) atoms. The van der Waals surface area contributed by atoms with Crippen LogP contribution in [0, 0.1) is 0 Å². The molecule has 0 amide bonds. The second kappa shape index (κ2) is 10.1. The number of aliphatic carboxylic acids is 1. The molecule has 0 aromatic carbocycles. The van der Waals surface area contributed by atoms with Gasteiger partial charge in [0.2, 0.25) is 0 Å². The van der Waals surface area contributed by atoms with E-state index in [0.717, 1.165) is 12.8 Å². The standard InChI is InChI=1S/C14H22O5/c1-5-7-8-19-13(10-17-3)12(18-4)9-11(6-2)14(15)16/h6,9-10H,5,7-8H2,1-4H3,(H,15,16)/b11-6+,12-9+,13-10-. The molecule has 0 unspecified atom stereocenters. The van der Waals surface area contributed by atoms with Crippen LogP contribution in [0.1, 0.15) is 26.7 Å². The van der Waals surface area contributed by atoms with Crippen molar-refractivity contribution in [3.63, 3.8) is 0 Å². The minimum Gasteiger partial charge on any atom is -0.500 e. The molecule has 0 aromatic heterocycles. The Morgan fingerprint density at radius 1 is 1.26 bits per heavy atom. The van der Waals surface area contributed by atoms with Gasteiger partial charge in [0.05, 0.1) is 26.4 Å². The first-order chi connectivity index (χ1) is 9.10. The Bertz CT molecular complexity index is 366. The highest BCUT2D eigenvalue weighted by Crippen LogP contribution is 2.16. The second-order valence-corrected chi connectivity index (χ2v) is 3.68. The molecule has 0 bridgehead atoms. The molecule has 0 aliphatic carbocycles. The number of methoxy groups -OCH3 is 2. The van der Waals surface area contributed by atoms with Crippen LogP contribution in [0.4, 0.5) is 0 Å². The molecule has 0 spiro atoms. The van der Waals surface area contributed by atoms with E-state index in [2.05, 4.69) is 6.92 Å². The Labute approximate surface area is 114 Å². The van der Waals surface area contributed by atoms with E-state index in [-0.39, 0.29) is 5.57 Å². The van der Waals surface area contributed by atoms with Crippen LogP contribution in [0.2, 0.25) is 0 Å². The first kappa shape index (κ1) is 17.1. The summed E-state index contributed by atoms with van der Waals surface area (Å²) >= 11 is 0. The van der Waals surface area contributed by atoms with Crippen LogP contribution >= 0.6 is 0 Å². The predicted molar refractivity (Wildman–Crippen MR) is 72.4 cm³/mol. The summed E-state index contributed by atoms with van der Waals surface area (Å²) in [5.74, 6) is -0.338. The van der Waals surface area contributed by atoms with E-state index in [1.54, 1.807) is 6.92 Å². The minimum atomic E-state index is -1.03. The number of rotatable bonds is 9. The Morgan fingerprint density at radius 3 is 2.37 bits per heavy atom. The summed E-state index contributed by atoms with van der Waals surface area (Å²) in [4.78, 5) is 11.0. The average Bonchev–Trinajstić information content (AvgIpc) is 2.39. The molecular formula is C14H22O5. The highest BCUT2D eigenvalue weighted by molar-refractivity contribution is 5.89. The molecule has 108 valence electrons. The third-order valence-corrected chi connectivity index (χ3v) is 2.29. The maximum Gasteiger partial charge on any atom is 0.335 e. The maximum absolute atomic E-state index is 11.0. The highest BCUT2D eigenvalue weighted by Gasteiger charge is 2.11. The van der Waals surface area contributed by atoms with Crippen molar-refractivity contribution in [1.82, 2.24) is 0 Å². The van der Waals surface area contributed by atoms with Crippen molar-refractivity contribution >= 4 is 5.97 Å². The maximum atomic E-state index is 11.0. The summed E-state index contributed by atoms with van der Waals surface area (Å²) < 4.78 is 15.6. The molecule has 1 N–H and O–H groups in total. The van der Waals surface area contributed by atoms with Gasteiger partial charge in [-0.3, -0.25) is 0 Å². The monoisotopic (exact) mass is 270 g/mol. The summed E-state index contributed by atoms with van der Waals surface area (Å²) in [6, 6.07) is 0. The SMILES string of the molecule is C\C=C(/C=C(OC)\C(=C\OC)OCCCC)C(=O)O. The fourth-order valence-electron chi connectivity index (χ4n) is 1.24. The van der Waals surface area contributed by atoms with Crippen LogP contribution in [0.3, 0.4) is 0 Å². The van der Waals surface area contributed by atoms with Crippen LogP contribution in [0.5, 0.6) is 0 Å². The summed E-state index contributed by atoms with van der Waals surface area (Å²) in [7, 11) is 2.94. The molecule has 0 heterocycles. The Balaban J connectivity index is 5.08. The van der Waals surface area contributed by atoms with Crippen molar-refractivity contribution in [3.05, 3.63) is 35.5 Å². The summed E-state index contributed by atoms with van der Waals surface area (Å²) in [5, 5.41) is 8.98. The lowest BCUT2D eigenvalue weighted by atomic mass is 10.2. The van der Waals surface area contributed by atoms with Gasteiger partial charge in [-0.1, -0.05) is 19.4 Å². The Kier molecular flexibility index (Phi) is 9.04. The predicted octanol–water partition coefficient (Wildman–Crippen LogP) is 2.85. The van der Waals surface area contributed by atoms with Crippen molar-refractivity contribution in [2.45, 2.75) is 26.7 Å². The van der Waals surface area contributed by atoms with Crippen molar-refractivity contribution in [2.24, 2.45) is 0 Å². The van der Waals surface area contributed by atoms with Crippen molar-refractivity contribution in [3.8, 4) is 0 Å². The van der Waals surface area contributed by atoms with Crippen LogP contribution in [-0.4, -0.2) is 31.9 Å². The van der Waals surface area contributed by atoms with Crippen LogP contribution < -0.4 is 0 Å². The van der Waals surface area contributed by atoms with E-state index in [1.807, 2.05) is 0 Å². The van der Waals surface area contributed by atoms with Gasteiger partial charge in [0, 0.05) is 0 Å². The van der Waals surface area contributed by atoms with Gasteiger partial charge < -0.3 is 19.3 Å². The lowest BCUT2D eigenvalue weighted by Gasteiger charge is -2.12. The van der Waals surface area contributed by atoms with Gasteiger partial charge in [0.1, 0.15) is 6.26 Å². The number of hydrogen-bond donors (Lipinski definition) is 1. The molecule has 0 fully saturated rings. The molecule has 5 heteroatoms. The van der Waals surface area contributed by atoms with E-state index < -0.39 is 5.97 Å². The summed E-state index contributed by atoms with van der Waals surface area (Å²) in [5.41, 5.74) is 0.123. The number of hydrogen-bond acceptors (Lipinski definition) is 4. The molecule has 0 radical (unpaired) electrons. The molecule has 0 aliphatic heterocycles. The number of allylic oxidation sites excluding steroid dienone is 1. The first-order valence-corrected chi connectivity index (χ1v) is 6.12. The molecule has 0 rings (SSSR count). The topological polar surface area (TPSA) is 65.0 Å². The Morgan fingerprint density at radius 2 is 1.95 bits per heavy atom. The van der Waals surface area contributed by atoms with E-state index in [0.29, 0.717) is 18.1 Å². The zero-order chi connectivity index (χ0) is 14.7. The van der Waals surface area contributed by atoms with E-state index >= 15 is 0 Å². The largest absolute Gasteiger partial charge is 0.500 e.